The Morgan fingerprint density at radius 1 is 1.04 bits per heavy atom. The van der Waals surface area contributed by atoms with E-state index in [9.17, 15) is 9.59 Å². The minimum Gasteiger partial charge on any atom is -0.360 e. The van der Waals surface area contributed by atoms with Gasteiger partial charge in [-0.1, -0.05) is 53.7 Å². The molecule has 0 radical (unpaired) electrons. The molecule has 2 amide bonds. The van der Waals surface area contributed by atoms with Gasteiger partial charge < -0.3 is 15.2 Å². The molecule has 138 valence electrons. The Balaban J connectivity index is 1.85. The van der Waals surface area contributed by atoms with Crippen molar-refractivity contribution in [3.63, 3.8) is 0 Å². The first-order valence-electron chi connectivity index (χ1n) is 8.71. The van der Waals surface area contributed by atoms with Gasteiger partial charge in [0.25, 0.3) is 5.91 Å². The Labute approximate surface area is 157 Å². The second-order valence-electron chi connectivity index (χ2n) is 6.11. The molecule has 0 atom stereocenters. The summed E-state index contributed by atoms with van der Waals surface area (Å²) in [5.41, 5.74) is 3.29. The molecular formula is C21H21N3O3. The van der Waals surface area contributed by atoms with Crippen molar-refractivity contribution in [2.45, 2.75) is 19.8 Å². The molecule has 0 bridgehead atoms. The van der Waals surface area contributed by atoms with Crippen molar-refractivity contribution in [1.29, 1.82) is 0 Å². The predicted octanol–water partition coefficient (Wildman–Crippen LogP) is 3.58. The highest BCUT2D eigenvalue weighted by Gasteiger charge is 2.22. The van der Waals surface area contributed by atoms with Gasteiger partial charge in [0.2, 0.25) is 5.91 Å². The molecule has 0 aliphatic carbocycles. The lowest BCUT2D eigenvalue weighted by Crippen LogP contribution is -2.19. The molecule has 6 nitrogen and oxygen atoms in total. The third-order valence-electron chi connectivity index (χ3n) is 4.30. The Bertz CT molecular complexity index is 948. The molecule has 0 aliphatic rings. The number of benzene rings is 2. The van der Waals surface area contributed by atoms with E-state index in [0.717, 1.165) is 11.1 Å². The van der Waals surface area contributed by atoms with Crippen LogP contribution in [0.1, 0.15) is 28.1 Å². The molecule has 27 heavy (non-hydrogen) atoms. The molecule has 0 saturated heterocycles. The number of aromatic nitrogens is 1. The zero-order chi connectivity index (χ0) is 19.2. The summed E-state index contributed by atoms with van der Waals surface area (Å²) >= 11 is 0. The van der Waals surface area contributed by atoms with E-state index in [-0.39, 0.29) is 11.8 Å². The van der Waals surface area contributed by atoms with Crippen molar-refractivity contribution < 1.29 is 14.1 Å². The van der Waals surface area contributed by atoms with Gasteiger partial charge in [0.05, 0.1) is 0 Å². The monoisotopic (exact) mass is 363 g/mol. The zero-order valence-electron chi connectivity index (χ0n) is 15.3. The largest absolute Gasteiger partial charge is 0.360 e. The standard InChI is InChI=1S/C21H21N3O3/c1-14-19(20(24-27-14)16-9-4-3-5-10-16)21(26)23-17-11-7-6-8-15(17)12-13-18(25)22-2/h3-11H,12-13H2,1-2H3,(H,22,25)(H,23,26). The second kappa shape index (κ2) is 8.31. The summed E-state index contributed by atoms with van der Waals surface area (Å²) in [5.74, 6) is 0.117. The van der Waals surface area contributed by atoms with Gasteiger partial charge in [0.1, 0.15) is 17.0 Å². The molecule has 0 aliphatic heterocycles. The van der Waals surface area contributed by atoms with E-state index in [2.05, 4.69) is 15.8 Å². The van der Waals surface area contributed by atoms with Crippen LogP contribution in [0.4, 0.5) is 5.69 Å². The lowest BCUT2D eigenvalue weighted by molar-refractivity contribution is -0.120. The van der Waals surface area contributed by atoms with Crippen LogP contribution in [0.5, 0.6) is 0 Å². The van der Waals surface area contributed by atoms with Crippen LogP contribution < -0.4 is 10.6 Å². The average Bonchev–Trinajstić information content (AvgIpc) is 3.09. The number of nitrogens with zero attached hydrogens (tertiary/aromatic N) is 1. The lowest BCUT2D eigenvalue weighted by Gasteiger charge is -2.11. The number of amides is 2. The van der Waals surface area contributed by atoms with Crippen molar-refractivity contribution in [2.24, 2.45) is 0 Å². The van der Waals surface area contributed by atoms with Crippen molar-refractivity contribution in [3.8, 4) is 11.3 Å². The third-order valence-corrected chi connectivity index (χ3v) is 4.30. The van der Waals surface area contributed by atoms with E-state index in [0.29, 0.717) is 35.5 Å². The summed E-state index contributed by atoms with van der Waals surface area (Å²) in [4.78, 5) is 24.5. The van der Waals surface area contributed by atoms with Crippen LogP contribution in [0.15, 0.2) is 59.1 Å². The van der Waals surface area contributed by atoms with Crippen LogP contribution in [0.25, 0.3) is 11.3 Å². The molecule has 3 aromatic rings. The van der Waals surface area contributed by atoms with Crippen molar-refractivity contribution >= 4 is 17.5 Å². The topological polar surface area (TPSA) is 84.2 Å². The van der Waals surface area contributed by atoms with E-state index >= 15 is 0 Å². The molecule has 0 unspecified atom stereocenters. The van der Waals surface area contributed by atoms with Gasteiger partial charge in [-0.3, -0.25) is 9.59 Å². The molecule has 1 aromatic heterocycles. The van der Waals surface area contributed by atoms with Gasteiger partial charge in [-0.05, 0) is 25.0 Å². The number of anilines is 1. The molecule has 0 saturated carbocycles. The van der Waals surface area contributed by atoms with Gasteiger partial charge in [-0.15, -0.1) is 0 Å². The molecule has 3 rings (SSSR count). The highest BCUT2D eigenvalue weighted by molar-refractivity contribution is 6.09. The number of carbonyl (C=O) groups excluding carboxylic acids is 2. The highest BCUT2D eigenvalue weighted by Crippen LogP contribution is 2.26. The number of aryl methyl sites for hydroxylation is 2. The molecule has 0 fully saturated rings. The summed E-state index contributed by atoms with van der Waals surface area (Å²) in [6.45, 7) is 1.71. The Morgan fingerprint density at radius 2 is 1.74 bits per heavy atom. The second-order valence-corrected chi connectivity index (χ2v) is 6.11. The van der Waals surface area contributed by atoms with Crippen molar-refractivity contribution in [3.05, 3.63) is 71.5 Å². The van der Waals surface area contributed by atoms with Crippen LogP contribution in [-0.4, -0.2) is 24.0 Å². The van der Waals surface area contributed by atoms with Gasteiger partial charge >= 0.3 is 0 Å². The summed E-state index contributed by atoms with van der Waals surface area (Å²) in [7, 11) is 1.61. The number of hydrogen-bond acceptors (Lipinski definition) is 4. The van der Waals surface area contributed by atoms with Gasteiger partial charge in [-0.2, -0.15) is 0 Å². The lowest BCUT2D eigenvalue weighted by atomic mass is 10.0. The van der Waals surface area contributed by atoms with Crippen LogP contribution in [-0.2, 0) is 11.2 Å². The van der Waals surface area contributed by atoms with Gasteiger partial charge in [-0.25, -0.2) is 0 Å². The SMILES string of the molecule is CNC(=O)CCc1ccccc1NC(=O)c1c(-c2ccccc2)noc1C. The summed E-state index contributed by atoms with van der Waals surface area (Å²) in [5, 5.41) is 9.59. The molecular weight excluding hydrogens is 342 g/mol. The van der Waals surface area contributed by atoms with Crippen LogP contribution >= 0.6 is 0 Å². The molecule has 1 heterocycles. The first-order chi connectivity index (χ1) is 13.1. The Morgan fingerprint density at radius 3 is 2.48 bits per heavy atom. The fraction of sp³-hybridized carbons (Fsp3) is 0.190. The quantitative estimate of drug-likeness (QED) is 0.701. The molecule has 0 spiro atoms. The maximum atomic E-state index is 12.9. The number of hydrogen-bond donors (Lipinski definition) is 2. The fourth-order valence-electron chi connectivity index (χ4n) is 2.85. The number of carbonyl (C=O) groups is 2. The van der Waals surface area contributed by atoms with Crippen molar-refractivity contribution in [2.75, 3.05) is 12.4 Å². The van der Waals surface area contributed by atoms with Gasteiger partial charge in [0, 0.05) is 24.7 Å². The highest BCUT2D eigenvalue weighted by atomic mass is 16.5. The van der Waals surface area contributed by atoms with E-state index in [1.807, 2.05) is 54.6 Å². The van der Waals surface area contributed by atoms with Crippen LogP contribution in [0.3, 0.4) is 0 Å². The zero-order valence-corrected chi connectivity index (χ0v) is 15.3. The van der Waals surface area contributed by atoms with E-state index in [1.54, 1.807) is 14.0 Å². The molecule has 6 heteroatoms. The number of rotatable bonds is 6. The van der Waals surface area contributed by atoms with E-state index in [1.165, 1.54) is 0 Å². The van der Waals surface area contributed by atoms with Gasteiger partial charge in [0.15, 0.2) is 0 Å². The van der Waals surface area contributed by atoms with E-state index in [4.69, 9.17) is 4.52 Å². The minimum atomic E-state index is -0.292. The smallest absolute Gasteiger partial charge is 0.261 e. The Hall–Kier alpha value is -3.41. The first kappa shape index (κ1) is 18.4. The molecule has 2 N–H and O–H groups in total. The first-order valence-corrected chi connectivity index (χ1v) is 8.71. The van der Waals surface area contributed by atoms with E-state index < -0.39 is 0 Å². The summed E-state index contributed by atoms with van der Waals surface area (Å²) in [6, 6.07) is 16.9. The number of para-hydroxylation sites is 1. The predicted molar refractivity (Wildman–Crippen MR) is 103 cm³/mol. The normalized spacial score (nSPS) is 10.4. The maximum absolute atomic E-state index is 12.9. The minimum absolute atomic E-state index is 0.0441. The third kappa shape index (κ3) is 4.23. The summed E-state index contributed by atoms with van der Waals surface area (Å²) in [6.07, 6.45) is 0.884. The summed E-state index contributed by atoms with van der Waals surface area (Å²) < 4.78 is 5.27. The van der Waals surface area contributed by atoms with Crippen LogP contribution in [0, 0.1) is 6.92 Å². The maximum Gasteiger partial charge on any atom is 0.261 e. The van der Waals surface area contributed by atoms with Crippen LogP contribution in [0.2, 0.25) is 0 Å². The molecule has 2 aromatic carbocycles. The number of nitrogens with one attached hydrogen (secondary N) is 2. The van der Waals surface area contributed by atoms with Crippen molar-refractivity contribution in [1.82, 2.24) is 10.5 Å². The fourth-order valence-corrected chi connectivity index (χ4v) is 2.85. The average molecular weight is 363 g/mol. The Kier molecular flexibility index (Phi) is 5.66.